The molecule has 0 radical (unpaired) electrons. The highest BCUT2D eigenvalue weighted by molar-refractivity contribution is 6.31. The normalized spacial score (nSPS) is 9.65. The van der Waals surface area contributed by atoms with Crippen molar-refractivity contribution >= 4 is 11.6 Å². The lowest BCUT2D eigenvalue weighted by Gasteiger charge is -2.07. The first-order chi connectivity index (χ1) is 8.19. The van der Waals surface area contributed by atoms with Crippen LogP contribution in [-0.4, -0.2) is 4.98 Å². The smallest absolute Gasteiger partial charge is 0.147 e. The largest absolute Gasteiger partial charge is 0.464 e. The van der Waals surface area contributed by atoms with Crippen LogP contribution in [0.25, 0.3) is 11.3 Å². The monoisotopic (exact) mass is 243 g/mol. The summed E-state index contributed by atoms with van der Waals surface area (Å²) in [5.41, 5.74) is 1.34. The summed E-state index contributed by atoms with van der Waals surface area (Å²) in [7, 11) is 0. The number of hydrogen-bond donors (Lipinski definition) is 0. The molecule has 0 amide bonds. The van der Waals surface area contributed by atoms with Crippen LogP contribution in [-0.2, 0) is 0 Å². The SMILES string of the molecule is Cc1nc(Cl)c(C#N)c(-c2ccco2)c1C#N. The van der Waals surface area contributed by atoms with Crippen LogP contribution in [0, 0.1) is 29.6 Å². The van der Waals surface area contributed by atoms with Gasteiger partial charge in [-0.2, -0.15) is 10.5 Å². The number of hydrogen-bond acceptors (Lipinski definition) is 4. The maximum Gasteiger partial charge on any atom is 0.147 e. The minimum Gasteiger partial charge on any atom is -0.464 e. The zero-order valence-corrected chi connectivity index (χ0v) is 9.62. The minimum atomic E-state index is 0.0791. The second-order valence-corrected chi connectivity index (χ2v) is 3.67. The molecule has 5 heteroatoms. The van der Waals surface area contributed by atoms with E-state index in [9.17, 15) is 0 Å². The molecule has 0 bridgehead atoms. The Bertz CT molecular complexity index is 610. The molecule has 82 valence electrons. The molecule has 2 rings (SSSR count). The fourth-order valence-electron chi connectivity index (χ4n) is 1.57. The molecule has 0 aliphatic rings. The van der Waals surface area contributed by atoms with Gasteiger partial charge in [0.05, 0.1) is 23.1 Å². The van der Waals surface area contributed by atoms with E-state index in [1.807, 2.05) is 12.1 Å². The standard InChI is InChI=1S/C12H6ClN3O/c1-7-8(5-14)11(10-3-2-4-17-10)9(6-15)12(13)16-7/h2-4H,1H3. The number of pyridine rings is 1. The molecule has 0 N–H and O–H groups in total. The highest BCUT2D eigenvalue weighted by Crippen LogP contribution is 2.32. The molecule has 2 aromatic rings. The van der Waals surface area contributed by atoms with E-state index in [-0.39, 0.29) is 10.7 Å². The summed E-state index contributed by atoms with van der Waals surface area (Å²) < 4.78 is 5.23. The fourth-order valence-corrected chi connectivity index (χ4v) is 1.84. The molecule has 0 aliphatic heterocycles. The zero-order chi connectivity index (χ0) is 12.4. The quantitative estimate of drug-likeness (QED) is 0.722. The first-order valence-electron chi connectivity index (χ1n) is 4.73. The van der Waals surface area contributed by atoms with Crippen LogP contribution in [0.15, 0.2) is 22.8 Å². The number of furan rings is 1. The van der Waals surface area contributed by atoms with Gasteiger partial charge in [0, 0.05) is 0 Å². The zero-order valence-electron chi connectivity index (χ0n) is 8.86. The molecule has 2 heterocycles. The van der Waals surface area contributed by atoms with Crippen LogP contribution in [0.3, 0.4) is 0 Å². The molecule has 0 spiro atoms. The van der Waals surface area contributed by atoms with Gasteiger partial charge in [-0.1, -0.05) is 11.6 Å². The summed E-state index contributed by atoms with van der Waals surface area (Å²) in [6.45, 7) is 1.66. The maximum absolute atomic E-state index is 9.12. The van der Waals surface area contributed by atoms with Gasteiger partial charge in [-0.25, -0.2) is 4.98 Å². The highest BCUT2D eigenvalue weighted by atomic mass is 35.5. The van der Waals surface area contributed by atoms with Crippen molar-refractivity contribution in [2.24, 2.45) is 0 Å². The third kappa shape index (κ3) is 1.75. The Labute approximate surface area is 103 Å². The molecule has 0 atom stereocenters. The first kappa shape index (κ1) is 11.2. The number of rotatable bonds is 1. The highest BCUT2D eigenvalue weighted by Gasteiger charge is 2.19. The van der Waals surface area contributed by atoms with Crippen molar-refractivity contribution in [2.45, 2.75) is 6.92 Å². The molecule has 2 aromatic heterocycles. The number of aryl methyl sites for hydroxylation is 1. The second-order valence-electron chi connectivity index (χ2n) is 3.31. The van der Waals surface area contributed by atoms with Gasteiger partial charge in [-0.3, -0.25) is 0 Å². The predicted octanol–water partition coefficient (Wildman–Crippen LogP) is 3.05. The van der Waals surface area contributed by atoms with Crippen LogP contribution in [0.4, 0.5) is 0 Å². The number of halogens is 1. The van der Waals surface area contributed by atoms with Crippen LogP contribution in [0.1, 0.15) is 16.8 Å². The van der Waals surface area contributed by atoms with Crippen molar-refractivity contribution in [3.05, 3.63) is 40.4 Å². The number of nitrogens with zero attached hydrogens (tertiary/aromatic N) is 3. The minimum absolute atomic E-state index is 0.0791. The Balaban J connectivity index is 2.89. The average Bonchev–Trinajstić information content (AvgIpc) is 2.81. The lowest BCUT2D eigenvalue weighted by molar-refractivity contribution is 0.582. The first-order valence-corrected chi connectivity index (χ1v) is 5.11. The Morgan fingerprint density at radius 3 is 2.53 bits per heavy atom. The van der Waals surface area contributed by atoms with Gasteiger partial charge in [0.25, 0.3) is 0 Å². The van der Waals surface area contributed by atoms with Crippen molar-refractivity contribution in [1.82, 2.24) is 4.98 Å². The van der Waals surface area contributed by atoms with E-state index in [1.54, 1.807) is 19.1 Å². The Morgan fingerprint density at radius 1 is 1.29 bits per heavy atom. The molecular weight excluding hydrogens is 238 g/mol. The third-order valence-electron chi connectivity index (χ3n) is 2.33. The molecule has 4 nitrogen and oxygen atoms in total. The van der Waals surface area contributed by atoms with Crippen LogP contribution >= 0.6 is 11.6 Å². The van der Waals surface area contributed by atoms with Crippen LogP contribution in [0.2, 0.25) is 5.15 Å². The van der Waals surface area contributed by atoms with Gasteiger partial charge in [0.2, 0.25) is 0 Å². The van der Waals surface area contributed by atoms with E-state index in [4.69, 9.17) is 26.5 Å². The van der Waals surface area contributed by atoms with E-state index < -0.39 is 0 Å². The lowest BCUT2D eigenvalue weighted by atomic mass is 10.0. The third-order valence-corrected chi connectivity index (χ3v) is 2.60. The van der Waals surface area contributed by atoms with E-state index in [0.29, 0.717) is 22.6 Å². The van der Waals surface area contributed by atoms with Gasteiger partial charge >= 0.3 is 0 Å². The average molecular weight is 244 g/mol. The summed E-state index contributed by atoms with van der Waals surface area (Å²) in [5.74, 6) is 0.436. The molecule has 0 aliphatic carbocycles. The van der Waals surface area contributed by atoms with Crippen molar-refractivity contribution in [1.29, 1.82) is 10.5 Å². The second kappa shape index (κ2) is 4.29. The topological polar surface area (TPSA) is 73.6 Å². The molecular formula is C12H6ClN3O. The fraction of sp³-hybridized carbons (Fsp3) is 0.0833. The van der Waals surface area contributed by atoms with Gasteiger partial charge in [-0.05, 0) is 19.1 Å². The lowest BCUT2D eigenvalue weighted by Crippen LogP contribution is -1.97. The van der Waals surface area contributed by atoms with Gasteiger partial charge < -0.3 is 4.42 Å². The van der Waals surface area contributed by atoms with Gasteiger partial charge in [-0.15, -0.1) is 0 Å². The summed E-state index contributed by atoms with van der Waals surface area (Å²) in [4.78, 5) is 3.96. The molecule has 0 saturated heterocycles. The Kier molecular flexibility index (Phi) is 2.82. The number of nitriles is 2. The van der Waals surface area contributed by atoms with Crippen LogP contribution in [0.5, 0.6) is 0 Å². The Morgan fingerprint density at radius 2 is 2.00 bits per heavy atom. The summed E-state index contributed by atoms with van der Waals surface area (Å²) in [5, 5.41) is 18.3. The van der Waals surface area contributed by atoms with E-state index in [2.05, 4.69) is 4.98 Å². The molecule has 0 fully saturated rings. The van der Waals surface area contributed by atoms with Crippen molar-refractivity contribution in [3.8, 4) is 23.5 Å². The van der Waals surface area contributed by atoms with E-state index >= 15 is 0 Å². The predicted molar refractivity (Wildman–Crippen MR) is 61.1 cm³/mol. The summed E-state index contributed by atoms with van der Waals surface area (Å²) in [6.07, 6.45) is 1.47. The molecule has 17 heavy (non-hydrogen) atoms. The van der Waals surface area contributed by atoms with Crippen molar-refractivity contribution in [2.75, 3.05) is 0 Å². The van der Waals surface area contributed by atoms with Crippen molar-refractivity contribution in [3.63, 3.8) is 0 Å². The molecule has 0 aromatic carbocycles. The van der Waals surface area contributed by atoms with E-state index in [1.165, 1.54) is 6.26 Å². The number of aromatic nitrogens is 1. The molecule has 0 saturated carbocycles. The van der Waals surface area contributed by atoms with Crippen molar-refractivity contribution < 1.29 is 4.42 Å². The summed E-state index contributed by atoms with van der Waals surface area (Å²) in [6, 6.07) is 7.33. The van der Waals surface area contributed by atoms with E-state index in [0.717, 1.165) is 0 Å². The summed E-state index contributed by atoms with van der Waals surface area (Å²) >= 11 is 5.90. The Hall–Kier alpha value is -2.30. The maximum atomic E-state index is 9.12. The van der Waals surface area contributed by atoms with Crippen LogP contribution < -0.4 is 0 Å². The van der Waals surface area contributed by atoms with Gasteiger partial charge in [0.1, 0.15) is 28.6 Å². The van der Waals surface area contributed by atoms with Gasteiger partial charge in [0.15, 0.2) is 0 Å². The molecule has 0 unspecified atom stereocenters.